The number of carbonyl (C=O) groups excluding carboxylic acids is 1. The summed E-state index contributed by atoms with van der Waals surface area (Å²) in [4.78, 5) is 15.7. The molecule has 4 rings (SSSR count). The van der Waals surface area contributed by atoms with Gasteiger partial charge in [0.2, 0.25) is 11.8 Å². The van der Waals surface area contributed by atoms with Crippen LogP contribution in [-0.2, 0) is 21.2 Å². The Balaban J connectivity index is 1.60. The molecule has 2 fully saturated rings. The van der Waals surface area contributed by atoms with Gasteiger partial charge in [0.25, 0.3) is 0 Å². The van der Waals surface area contributed by atoms with Crippen LogP contribution in [-0.4, -0.2) is 43.5 Å². The topological polar surface area (TPSA) is 63.7 Å². The van der Waals surface area contributed by atoms with Crippen LogP contribution in [0.25, 0.3) is 0 Å². The highest BCUT2D eigenvalue weighted by Gasteiger charge is 2.46. The second-order valence-corrected chi connectivity index (χ2v) is 12.1. The van der Waals surface area contributed by atoms with Gasteiger partial charge in [0, 0.05) is 30.5 Å². The molecule has 2 saturated carbocycles. The van der Waals surface area contributed by atoms with Crippen LogP contribution in [0.5, 0.6) is 5.75 Å². The van der Waals surface area contributed by atoms with Crippen molar-refractivity contribution < 1.29 is 26.7 Å². The minimum atomic E-state index is -3.76. The molecule has 2 aromatic carbocycles. The van der Waals surface area contributed by atoms with E-state index in [0.29, 0.717) is 30.0 Å². The van der Waals surface area contributed by atoms with Gasteiger partial charge in [0.05, 0.1) is 23.2 Å². The van der Waals surface area contributed by atoms with Gasteiger partial charge in [-0.15, -0.1) is 0 Å². The first-order valence-electron chi connectivity index (χ1n) is 11.9. The molecule has 0 aliphatic heterocycles. The van der Waals surface area contributed by atoms with E-state index in [0.717, 1.165) is 5.56 Å². The van der Waals surface area contributed by atoms with Gasteiger partial charge in [-0.2, -0.15) is 0 Å². The van der Waals surface area contributed by atoms with Crippen LogP contribution in [0.15, 0.2) is 53.4 Å². The molecule has 1 amide bonds. The Labute approximate surface area is 210 Å². The molecule has 190 valence electrons. The number of nitrogens with zero attached hydrogens (tertiary/aromatic N) is 1. The third-order valence-corrected chi connectivity index (χ3v) is 9.78. The quantitative estimate of drug-likeness (QED) is 0.451. The van der Waals surface area contributed by atoms with Crippen LogP contribution in [0.1, 0.15) is 50.5 Å². The molecule has 0 spiro atoms. The maximum atomic E-state index is 13.9. The Morgan fingerprint density at radius 1 is 1.03 bits per heavy atom. The lowest BCUT2D eigenvalue weighted by atomic mass is 9.90. The third-order valence-electron chi connectivity index (χ3n) is 7.23. The van der Waals surface area contributed by atoms with Crippen molar-refractivity contribution in [3.05, 3.63) is 59.1 Å². The van der Waals surface area contributed by atoms with E-state index in [1.54, 1.807) is 41.3 Å². The van der Waals surface area contributed by atoms with Crippen molar-refractivity contribution in [1.82, 2.24) is 4.90 Å². The first-order chi connectivity index (χ1) is 16.6. The van der Waals surface area contributed by atoms with Crippen molar-refractivity contribution in [2.45, 2.75) is 73.6 Å². The fourth-order valence-electron chi connectivity index (χ4n) is 5.24. The first kappa shape index (κ1) is 25.9. The van der Waals surface area contributed by atoms with E-state index in [1.807, 2.05) is 0 Å². The third kappa shape index (κ3) is 5.80. The fraction of sp³-hybridized carbons (Fsp3) is 0.500. The van der Waals surface area contributed by atoms with E-state index in [1.165, 1.54) is 19.2 Å². The van der Waals surface area contributed by atoms with E-state index in [9.17, 15) is 22.0 Å². The van der Waals surface area contributed by atoms with Crippen molar-refractivity contribution in [2.24, 2.45) is 5.92 Å². The van der Waals surface area contributed by atoms with Crippen LogP contribution >= 0.6 is 11.6 Å². The summed E-state index contributed by atoms with van der Waals surface area (Å²) in [7, 11) is -2.25. The molecule has 0 bridgehead atoms. The highest BCUT2D eigenvalue weighted by molar-refractivity contribution is 7.92. The Morgan fingerprint density at radius 3 is 2.26 bits per heavy atom. The van der Waals surface area contributed by atoms with E-state index in [-0.39, 0.29) is 49.1 Å². The molecule has 0 heterocycles. The summed E-state index contributed by atoms with van der Waals surface area (Å²) in [5.74, 6) is -3.16. The van der Waals surface area contributed by atoms with E-state index in [2.05, 4.69) is 0 Å². The van der Waals surface area contributed by atoms with E-state index < -0.39 is 26.9 Å². The number of alkyl halides is 2. The number of amides is 1. The highest BCUT2D eigenvalue weighted by atomic mass is 35.5. The number of halogens is 3. The molecule has 0 N–H and O–H groups in total. The molecule has 2 aliphatic rings. The van der Waals surface area contributed by atoms with Gasteiger partial charge in [-0.25, -0.2) is 17.2 Å². The van der Waals surface area contributed by atoms with Crippen molar-refractivity contribution in [3.8, 4) is 5.75 Å². The minimum Gasteiger partial charge on any atom is -0.497 e. The van der Waals surface area contributed by atoms with E-state index >= 15 is 0 Å². The summed E-state index contributed by atoms with van der Waals surface area (Å²) in [6, 6.07) is 12.9. The maximum absolute atomic E-state index is 13.9. The second-order valence-electron chi connectivity index (χ2n) is 9.48. The SMILES string of the molecule is COc1ccc(S(=O)(=O)[C@H]2CCC[C@@H]2C(=O)N(Cc2ccc(Cl)cc2)C2CCC(F)(F)CC2)cc1. The monoisotopic (exact) mass is 525 g/mol. The average molecular weight is 526 g/mol. The molecule has 35 heavy (non-hydrogen) atoms. The summed E-state index contributed by atoms with van der Waals surface area (Å²) < 4.78 is 59.9. The number of ether oxygens (including phenoxy) is 1. The standard InChI is InChI=1S/C26H30ClF2NO4S/c1-34-21-9-11-22(12-10-21)35(32,33)24-4-2-3-23(24)25(31)30(17-18-5-7-19(27)8-6-18)20-13-15-26(28,29)16-14-20/h5-12,20,23-24H,2-4,13-17H2,1H3/t23-,24-/m0/s1. The second kappa shape index (κ2) is 10.4. The minimum absolute atomic E-state index is 0.157. The lowest BCUT2D eigenvalue weighted by Crippen LogP contribution is -2.48. The molecule has 0 saturated heterocycles. The largest absolute Gasteiger partial charge is 0.497 e. The van der Waals surface area contributed by atoms with Crippen LogP contribution in [0, 0.1) is 5.92 Å². The Hall–Kier alpha value is -2.19. The van der Waals surface area contributed by atoms with Gasteiger partial charge in [0.15, 0.2) is 9.84 Å². The van der Waals surface area contributed by atoms with Gasteiger partial charge in [-0.05, 0) is 67.6 Å². The zero-order valence-electron chi connectivity index (χ0n) is 19.6. The Bertz CT molecular complexity index is 1130. The van der Waals surface area contributed by atoms with Crippen molar-refractivity contribution in [2.75, 3.05) is 7.11 Å². The molecule has 9 heteroatoms. The number of benzene rings is 2. The summed E-state index contributed by atoms with van der Waals surface area (Å²) in [5, 5.41) is -0.286. The summed E-state index contributed by atoms with van der Waals surface area (Å²) in [6.07, 6.45) is 1.29. The van der Waals surface area contributed by atoms with Gasteiger partial charge in [-0.1, -0.05) is 30.2 Å². The number of sulfone groups is 1. The van der Waals surface area contributed by atoms with Crippen LogP contribution in [0.3, 0.4) is 0 Å². The van der Waals surface area contributed by atoms with Gasteiger partial charge in [0.1, 0.15) is 5.75 Å². The summed E-state index contributed by atoms with van der Waals surface area (Å²) in [6.45, 7) is 0.234. The van der Waals surface area contributed by atoms with Gasteiger partial charge < -0.3 is 9.64 Å². The molecule has 2 atom stereocenters. The predicted molar refractivity (Wildman–Crippen MR) is 131 cm³/mol. The fourth-order valence-corrected chi connectivity index (χ4v) is 7.40. The first-order valence-corrected chi connectivity index (χ1v) is 13.8. The molecule has 2 aliphatic carbocycles. The smallest absolute Gasteiger partial charge is 0.248 e. The average Bonchev–Trinajstić information content (AvgIpc) is 3.35. The Kier molecular flexibility index (Phi) is 7.71. The zero-order valence-corrected chi connectivity index (χ0v) is 21.2. The summed E-state index contributed by atoms with van der Waals surface area (Å²) in [5.41, 5.74) is 0.827. The number of hydrogen-bond acceptors (Lipinski definition) is 4. The molecule has 2 aromatic rings. The zero-order chi connectivity index (χ0) is 25.2. The number of methoxy groups -OCH3 is 1. The van der Waals surface area contributed by atoms with Crippen molar-refractivity contribution in [3.63, 3.8) is 0 Å². The summed E-state index contributed by atoms with van der Waals surface area (Å²) >= 11 is 6.00. The van der Waals surface area contributed by atoms with Crippen LogP contribution in [0.2, 0.25) is 5.02 Å². The lowest BCUT2D eigenvalue weighted by molar-refractivity contribution is -0.141. The molecule has 5 nitrogen and oxygen atoms in total. The van der Waals surface area contributed by atoms with Crippen molar-refractivity contribution >= 4 is 27.3 Å². The molecular weight excluding hydrogens is 496 g/mol. The number of carbonyl (C=O) groups is 1. The lowest BCUT2D eigenvalue weighted by Gasteiger charge is -2.39. The number of hydrogen-bond donors (Lipinski definition) is 0. The molecule has 0 radical (unpaired) electrons. The molecular formula is C26H30ClF2NO4S. The maximum Gasteiger partial charge on any atom is 0.248 e. The molecule has 0 aromatic heterocycles. The van der Waals surface area contributed by atoms with Gasteiger partial charge >= 0.3 is 0 Å². The van der Waals surface area contributed by atoms with Gasteiger partial charge in [-0.3, -0.25) is 4.79 Å². The van der Waals surface area contributed by atoms with Crippen molar-refractivity contribution in [1.29, 1.82) is 0 Å². The molecule has 0 unspecified atom stereocenters. The normalized spacial score (nSPS) is 22.6. The van der Waals surface area contributed by atoms with E-state index in [4.69, 9.17) is 16.3 Å². The van der Waals surface area contributed by atoms with Crippen LogP contribution < -0.4 is 4.74 Å². The highest BCUT2D eigenvalue weighted by Crippen LogP contribution is 2.40. The van der Waals surface area contributed by atoms with Crippen LogP contribution in [0.4, 0.5) is 8.78 Å². The predicted octanol–water partition coefficient (Wildman–Crippen LogP) is 5.90. The number of rotatable bonds is 7. The Morgan fingerprint density at radius 2 is 1.66 bits per heavy atom.